The molecule has 1 aliphatic carbocycles. The van der Waals surface area contributed by atoms with Crippen LogP contribution in [0.4, 0.5) is 0 Å². The van der Waals surface area contributed by atoms with Gasteiger partial charge in [0.1, 0.15) is 11.1 Å². The molecule has 0 aromatic heterocycles. The molecule has 0 unspecified atom stereocenters. The summed E-state index contributed by atoms with van der Waals surface area (Å²) in [5.41, 5.74) is -1.29. The number of nitrogens with one attached hydrogen (secondary N) is 1. The number of ether oxygens (including phenoxy) is 1. The summed E-state index contributed by atoms with van der Waals surface area (Å²) in [5, 5.41) is 2.67. The van der Waals surface area contributed by atoms with Gasteiger partial charge in [-0.25, -0.2) is 4.79 Å². The van der Waals surface area contributed by atoms with Crippen molar-refractivity contribution >= 4 is 12.4 Å². The summed E-state index contributed by atoms with van der Waals surface area (Å²) in [5.74, 6) is -0.299. The first-order chi connectivity index (χ1) is 7.40. The number of carbonyl (C=O) groups excluding carboxylic acids is 2. The lowest BCUT2D eigenvalue weighted by Gasteiger charge is -2.36. The zero-order valence-electron chi connectivity index (χ0n) is 10.3. The van der Waals surface area contributed by atoms with Crippen molar-refractivity contribution < 1.29 is 14.3 Å². The maximum atomic E-state index is 12.1. The lowest BCUT2D eigenvalue weighted by atomic mass is 9.81. The number of amides is 1. The van der Waals surface area contributed by atoms with E-state index in [9.17, 15) is 9.59 Å². The fourth-order valence-corrected chi connectivity index (χ4v) is 2.05. The molecular formula is C12H21NO3. The maximum absolute atomic E-state index is 12.1. The highest BCUT2D eigenvalue weighted by atomic mass is 16.6. The van der Waals surface area contributed by atoms with Gasteiger partial charge in [-0.3, -0.25) is 4.79 Å². The van der Waals surface area contributed by atoms with Crippen molar-refractivity contribution in [1.29, 1.82) is 0 Å². The first-order valence-electron chi connectivity index (χ1n) is 5.84. The van der Waals surface area contributed by atoms with Crippen LogP contribution in [0.5, 0.6) is 0 Å². The second kappa shape index (κ2) is 4.85. The summed E-state index contributed by atoms with van der Waals surface area (Å²) < 4.78 is 5.37. The van der Waals surface area contributed by atoms with E-state index in [0.29, 0.717) is 19.3 Å². The van der Waals surface area contributed by atoms with Crippen LogP contribution in [0.2, 0.25) is 0 Å². The first kappa shape index (κ1) is 13.0. The molecule has 92 valence electrons. The Morgan fingerprint density at radius 2 is 1.81 bits per heavy atom. The molecule has 0 spiro atoms. The fourth-order valence-electron chi connectivity index (χ4n) is 2.05. The summed E-state index contributed by atoms with van der Waals surface area (Å²) in [6, 6.07) is 0. The van der Waals surface area contributed by atoms with Crippen LogP contribution < -0.4 is 5.32 Å². The van der Waals surface area contributed by atoms with E-state index in [-0.39, 0.29) is 5.97 Å². The van der Waals surface area contributed by atoms with Gasteiger partial charge in [0.05, 0.1) is 0 Å². The average molecular weight is 227 g/mol. The van der Waals surface area contributed by atoms with E-state index in [1.54, 1.807) is 0 Å². The predicted octanol–water partition coefficient (Wildman–Crippen LogP) is 1.78. The van der Waals surface area contributed by atoms with E-state index >= 15 is 0 Å². The highest BCUT2D eigenvalue weighted by Crippen LogP contribution is 2.30. The quantitative estimate of drug-likeness (QED) is 0.590. The van der Waals surface area contributed by atoms with Crippen molar-refractivity contribution in [3.05, 3.63) is 0 Å². The number of carbonyl (C=O) groups is 2. The highest BCUT2D eigenvalue weighted by molar-refractivity contribution is 5.83. The van der Waals surface area contributed by atoms with Crippen molar-refractivity contribution in [2.45, 2.75) is 64.0 Å². The van der Waals surface area contributed by atoms with Crippen LogP contribution in [0, 0.1) is 0 Å². The summed E-state index contributed by atoms with van der Waals surface area (Å²) in [7, 11) is 0. The van der Waals surface area contributed by atoms with Gasteiger partial charge in [-0.15, -0.1) is 0 Å². The second-order valence-electron chi connectivity index (χ2n) is 5.41. The summed E-state index contributed by atoms with van der Waals surface area (Å²) in [4.78, 5) is 22.7. The molecule has 1 fully saturated rings. The van der Waals surface area contributed by atoms with Crippen LogP contribution in [0.1, 0.15) is 52.9 Å². The molecule has 0 aliphatic heterocycles. The standard InChI is InChI=1S/C12H21NO3/c1-11(2,3)16-10(15)12(13-9-14)7-5-4-6-8-12/h9H,4-8H2,1-3H3,(H,13,14). The Labute approximate surface area is 96.7 Å². The van der Waals surface area contributed by atoms with Crippen LogP contribution in [-0.4, -0.2) is 23.5 Å². The second-order valence-corrected chi connectivity index (χ2v) is 5.41. The molecule has 0 aromatic carbocycles. The minimum Gasteiger partial charge on any atom is -0.458 e. The Morgan fingerprint density at radius 1 is 1.25 bits per heavy atom. The van der Waals surface area contributed by atoms with Crippen LogP contribution in [0.25, 0.3) is 0 Å². The lowest BCUT2D eigenvalue weighted by molar-refractivity contribution is -0.165. The zero-order chi connectivity index (χ0) is 12.2. The van der Waals surface area contributed by atoms with Gasteiger partial charge in [0, 0.05) is 0 Å². The third kappa shape index (κ3) is 3.22. The smallest absolute Gasteiger partial charge is 0.332 e. The molecule has 4 heteroatoms. The Balaban J connectivity index is 2.75. The SMILES string of the molecule is CC(C)(C)OC(=O)C1(NC=O)CCCCC1. The molecule has 4 nitrogen and oxygen atoms in total. The highest BCUT2D eigenvalue weighted by Gasteiger charge is 2.42. The molecule has 1 rings (SSSR count). The molecule has 0 saturated heterocycles. The van der Waals surface area contributed by atoms with Crippen LogP contribution >= 0.6 is 0 Å². The predicted molar refractivity (Wildman–Crippen MR) is 60.9 cm³/mol. The molecule has 1 aliphatic rings. The molecule has 0 atom stereocenters. The van der Waals surface area contributed by atoms with Gasteiger partial charge in [0.15, 0.2) is 0 Å². The molecule has 0 radical (unpaired) electrons. The van der Waals surface area contributed by atoms with Gasteiger partial charge in [-0.05, 0) is 33.6 Å². The van der Waals surface area contributed by atoms with Gasteiger partial charge < -0.3 is 10.1 Å². The number of hydrogen-bond donors (Lipinski definition) is 1. The molecule has 1 N–H and O–H groups in total. The van der Waals surface area contributed by atoms with Crippen molar-refractivity contribution in [3.8, 4) is 0 Å². The maximum Gasteiger partial charge on any atom is 0.332 e. The molecule has 0 bridgehead atoms. The Morgan fingerprint density at radius 3 is 2.25 bits per heavy atom. The van der Waals surface area contributed by atoms with E-state index in [4.69, 9.17) is 4.74 Å². The van der Waals surface area contributed by atoms with Crippen molar-refractivity contribution in [2.24, 2.45) is 0 Å². The topological polar surface area (TPSA) is 55.4 Å². The average Bonchev–Trinajstić information content (AvgIpc) is 2.17. The largest absolute Gasteiger partial charge is 0.458 e. The Hall–Kier alpha value is -1.06. The summed E-state index contributed by atoms with van der Waals surface area (Å²) >= 11 is 0. The molecule has 0 heterocycles. The zero-order valence-corrected chi connectivity index (χ0v) is 10.3. The minimum atomic E-state index is -0.784. The van der Waals surface area contributed by atoms with E-state index in [1.165, 1.54) is 0 Å². The first-order valence-corrected chi connectivity index (χ1v) is 5.84. The van der Waals surface area contributed by atoms with Crippen molar-refractivity contribution in [3.63, 3.8) is 0 Å². The van der Waals surface area contributed by atoms with Crippen LogP contribution in [0.15, 0.2) is 0 Å². The van der Waals surface area contributed by atoms with E-state index < -0.39 is 11.1 Å². The van der Waals surface area contributed by atoms with Gasteiger partial charge in [0.2, 0.25) is 6.41 Å². The third-order valence-corrected chi connectivity index (χ3v) is 2.83. The third-order valence-electron chi connectivity index (χ3n) is 2.83. The molecular weight excluding hydrogens is 206 g/mol. The molecule has 1 amide bonds. The van der Waals surface area contributed by atoms with E-state index in [2.05, 4.69) is 5.32 Å². The minimum absolute atomic E-state index is 0.299. The normalized spacial score (nSPS) is 19.9. The van der Waals surface area contributed by atoms with Gasteiger partial charge >= 0.3 is 5.97 Å². The molecule has 16 heavy (non-hydrogen) atoms. The van der Waals surface area contributed by atoms with E-state index in [0.717, 1.165) is 19.3 Å². The fraction of sp³-hybridized carbons (Fsp3) is 0.833. The van der Waals surface area contributed by atoms with Gasteiger partial charge in [-0.2, -0.15) is 0 Å². The van der Waals surface area contributed by atoms with Gasteiger partial charge in [0.25, 0.3) is 0 Å². The van der Waals surface area contributed by atoms with Crippen molar-refractivity contribution in [1.82, 2.24) is 5.32 Å². The Bertz CT molecular complexity index is 262. The van der Waals surface area contributed by atoms with Crippen LogP contribution in [0.3, 0.4) is 0 Å². The number of hydrogen-bond acceptors (Lipinski definition) is 3. The van der Waals surface area contributed by atoms with E-state index in [1.807, 2.05) is 20.8 Å². The summed E-state index contributed by atoms with van der Waals surface area (Å²) in [6.45, 7) is 5.51. The molecule has 0 aromatic rings. The van der Waals surface area contributed by atoms with Crippen molar-refractivity contribution in [2.75, 3.05) is 0 Å². The van der Waals surface area contributed by atoms with Gasteiger partial charge in [-0.1, -0.05) is 19.3 Å². The molecule has 1 saturated carbocycles. The lowest BCUT2D eigenvalue weighted by Crippen LogP contribution is -2.55. The number of esters is 1. The Kier molecular flexibility index (Phi) is 3.94. The van der Waals surface area contributed by atoms with Crippen LogP contribution in [-0.2, 0) is 14.3 Å². The summed E-state index contributed by atoms with van der Waals surface area (Å²) in [6.07, 6.45) is 5.00. The number of rotatable bonds is 3. The monoisotopic (exact) mass is 227 g/mol.